The van der Waals surface area contributed by atoms with Gasteiger partial charge in [-0.15, -0.1) is 0 Å². The van der Waals surface area contributed by atoms with Crippen LogP contribution < -0.4 is 0 Å². The van der Waals surface area contributed by atoms with Gasteiger partial charge in [0.25, 0.3) is 0 Å². The summed E-state index contributed by atoms with van der Waals surface area (Å²) in [5, 5.41) is 17.6. The number of carboxylic acid groups (broad SMARTS) is 2. The third-order valence-corrected chi connectivity index (χ3v) is 2.52. The molecule has 0 radical (unpaired) electrons. The SMILES string of the molecule is CC(=CC(=CCC(C)N(C)C)C(=O)O)C(=O)O. The molecule has 2 N–H and O–H groups in total. The monoisotopic (exact) mass is 241 g/mol. The highest BCUT2D eigenvalue weighted by Crippen LogP contribution is 2.08. The van der Waals surface area contributed by atoms with Crippen LogP contribution in [0.1, 0.15) is 20.3 Å². The van der Waals surface area contributed by atoms with Gasteiger partial charge in [-0.2, -0.15) is 0 Å². The Morgan fingerprint density at radius 2 is 1.76 bits per heavy atom. The normalized spacial score (nSPS) is 14.9. The standard InChI is InChI=1S/C12H19NO4/c1-8(11(14)15)7-10(12(16)17)6-5-9(2)13(3)4/h6-7,9H,5H2,1-4H3,(H,14,15)(H,16,17). The molecule has 0 aromatic rings. The van der Waals surface area contributed by atoms with Crippen molar-refractivity contribution in [2.24, 2.45) is 0 Å². The fourth-order valence-corrected chi connectivity index (χ4v) is 1.01. The molecule has 0 aromatic heterocycles. The Kier molecular flexibility index (Phi) is 6.20. The van der Waals surface area contributed by atoms with E-state index in [0.717, 1.165) is 0 Å². The van der Waals surface area contributed by atoms with Crippen molar-refractivity contribution in [2.75, 3.05) is 14.1 Å². The van der Waals surface area contributed by atoms with Gasteiger partial charge >= 0.3 is 11.9 Å². The minimum absolute atomic E-state index is 0.0103. The van der Waals surface area contributed by atoms with Crippen LogP contribution in [-0.4, -0.2) is 47.2 Å². The van der Waals surface area contributed by atoms with Gasteiger partial charge in [0.1, 0.15) is 0 Å². The molecule has 17 heavy (non-hydrogen) atoms. The summed E-state index contributed by atoms with van der Waals surface area (Å²) in [6, 6.07) is 0.197. The summed E-state index contributed by atoms with van der Waals surface area (Å²) in [5.41, 5.74) is 0.0229. The zero-order valence-electron chi connectivity index (χ0n) is 10.6. The van der Waals surface area contributed by atoms with E-state index in [2.05, 4.69) is 0 Å². The fourth-order valence-electron chi connectivity index (χ4n) is 1.01. The number of hydrogen-bond acceptors (Lipinski definition) is 3. The predicted octanol–water partition coefficient (Wildman–Crippen LogP) is 1.37. The van der Waals surface area contributed by atoms with Gasteiger partial charge in [-0.3, -0.25) is 0 Å². The highest BCUT2D eigenvalue weighted by Gasteiger charge is 2.09. The van der Waals surface area contributed by atoms with Crippen LogP contribution in [0.2, 0.25) is 0 Å². The van der Waals surface area contributed by atoms with E-state index < -0.39 is 11.9 Å². The van der Waals surface area contributed by atoms with E-state index in [1.165, 1.54) is 13.0 Å². The van der Waals surface area contributed by atoms with E-state index in [1.54, 1.807) is 6.08 Å². The van der Waals surface area contributed by atoms with Crippen LogP contribution in [0, 0.1) is 0 Å². The van der Waals surface area contributed by atoms with E-state index in [4.69, 9.17) is 10.2 Å². The van der Waals surface area contributed by atoms with Crippen molar-refractivity contribution in [1.29, 1.82) is 0 Å². The number of hydrogen-bond donors (Lipinski definition) is 2. The number of rotatable bonds is 6. The lowest BCUT2D eigenvalue weighted by Gasteiger charge is -2.17. The summed E-state index contributed by atoms with van der Waals surface area (Å²) in [7, 11) is 3.80. The molecule has 1 unspecified atom stereocenters. The average molecular weight is 241 g/mol. The van der Waals surface area contributed by atoms with E-state index in [-0.39, 0.29) is 17.2 Å². The molecule has 0 rings (SSSR count). The first-order valence-corrected chi connectivity index (χ1v) is 5.27. The van der Waals surface area contributed by atoms with Crippen LogP contribution in [0.4, 0.5) is 0 Å². The minimum Gasteiger partial charge on any atom is -0.478 e. The maximum absolute atomic E-state index is 10.9. The summed E-state index contributed by atoms with van der Waals surface area (Å²) in [6.45, 7) is 3.33. The van der Waals surface area contributed by atoms with Crippen molar-refractivity contribution >= 4 is 11.9 Å². The van der Waals surface area contributed by atoms with Crippen molar-refractivity contribution in [3.8, 4) is 0 Å². The van der Waals surface area contributed by atoms with Crippen molar-refractivity contribution < 1.29 is 19.8 Å². The lowest BCUT2D eigenvalue weighted by molar-refractivity contribution is -0.132. The zero-order valence-corrected chi connectivity index (χ0v) is 10.6. The summed E-state index contributed by atoms with van der Waals surface area (Å²) in [5.74, 6) is -2.23. The van der Waals surface area contributed by atoms with Gasteiger partial charge in [-0.25, -0.2) is 9.59 Å². The van der Waals surface area contributed by atoms with Crippen LogP contribution in [0.25, 0.3) is 0 Å². The second-order valence-corrected chi connectivity index (χ2v) is 4.15. The lowest BCUT2D eigenvalue weighted by atomic mass is 10.1. The summed E-state index contributed by atoms with van der Waals surface area (Å²) in [6.07, 6.45) is 3.27. The summed E-state index contributed by atoms with van der Waals surface area (Å²) >= 11 is 0. The Morgan fingerprint density at radius 1 is 1.24 bits per heavy atom. The van der Waals surface area contributed by atoms with E-state index in [0.29, 0.717) is 6.42 Å². The molecule has 0 amide bonds. The van der Waals surface area contributed by atoms with E-state index in [9.17, 15) is 9.59 Å². The molecular weight excluding hydrogens is 222 g/mol. The van der Waals surface area contributed by atoms with Crippen LogP contribution in [0.15, 0.2) is 23.3 Å². The molecule has 0 fully saturated rings. The molecule has 0 aromatic carbocycles. The van der Waals surface area contributed by atoms with Crippen LogP contribution >= 0.6 is 0 Å². The smallest absolute Gasteiger partial charge is 0.335 e. The summed E-state index contributed by atoms with van der Waals surface area (Å²) in [4.78, 5) is 23.5. The molecule has 0 saturated heterocycles. The molecule has 0 bridgehead atoms. The van der Waals surface area contributed by atoms with Crippen molar-refractivity contribution in [3.63, 3.8) is 0 Å². The highest BCUT2D eigenvalue weighted by atomic mass is 16.4. The molecule has 5 heteroatoms. The largest absolute Gasteiger partial charge is 0.478 e. The van der Waals surface area contributed by atoms with Crippen molar-refractivity contribution in [2.45, 2.75) is 26.3 Å². The second-order valence-electron chi connectivity index (χ2n) is 4.15. The van der Waals surface area contributed by atoms with Crippen LogP contribution in [0.5, 0.6) is 0 Å². The lowest BCUT2D eigenvalue weighted by Crippen LogP contribution is -2.23. The van der Waals surface area contributed by atoms with Crippen molar-refractivity contribution in [3.05, 3.63) is 23.3 Å². The minimum atomic E-state index is -1.11. The number of nitrogens with zero attached hydrogens (tertiary/aromatic N) is 1. The van der Waals surface area contributed by atoms with Crippen LogP contribution in [-0.2, 0) is 9.59 Å². The molecule has 0 aliphatic carbocycles. The van der Waals surface area contributed by atoms with Gasteiger partial charge in [0, 0.05) is 11.6 Å². The molecule has 0 saturated carbocycles. The predicted molar refractivity (Wildman–Crippen MR) is 64.9 cm³/mol. The third-order valence-electron chi connectivity index (χ3n) is 2.52. The van der Waals surface area contributed by atoms with Gasteiger partial charge in [-0.05, 0) is 40.4 Å². The Labute approximate surface area is 101 Å². The van der Waals surface area contributed by atoms with Gasteiger partial charge in [0.05, 0.1) is 5.57 Å². The first-order chi connectivity index (χ1) is 7.75. The second kappa shape index (κ2) is 6.85. The maximum atomic E-state index is 10.9. The van der Waals surface area contributed by atoms with Gasteiger partial charge < -0.3 is 15.1 Å². The Morgan fingerprint density at radius 3 is 2.12 bits per heavy atom. The average Bonchev–Trinajstić information content (AvgIpc) is 2.22. The van der Waals surface area contributed by atoms with E-state index in [1.807, 2.05) is 25.9 Å². The fraction of sp³-hybridized carbons (Fsp3) is 0.500. The van der Waals surface area contributed by atoms with Gasteiger partial charge in [0.2, 0.25) is 0 Å². The molecular formula is C12H19NO4. The molecule has 0 spiro atoms. The summed E-state index contributed by atoms with van der Waals surface area (Å²) < 4.78 is 0. The maximum Gasteiger partial charge on any atom is 0.335 e. The zero-order chi connectivity index (χ0) is 13.6. The first kappa shape index (κ1) is 15.4. The number of carboxylic acids is 2. The number of aliphatic carboxylic acids is 2. The Bertz CT molecular complexity index is 356. The molecule has 0 aliphatic heterocycles. The van der Waals surface area contributed by atoms with E-state index >= 15 is 0 Å². The Balaban J connectivity index is 4.88. The quantitative estimate of drug-likeness (QED) is 0.542. The number of carbonyl (C=O) groups is 2. The molecule has 0 heterocycles. The first-order valence-electron chi connectivity index (χ1n) is 5.27. The van der Waals surface area contributed by atoms with Gasteiger partial charge in [0.15, 0.2) is 0 Å². The molecule has 0 aliphatic rings. The molecule has 1 atom stereocenters. The topological polar surface area (TPSA) is 77.8 Å². The molecule has 96 valence electrons. The Hall–Kier alpha value is -1.62. The van der Waals surface area contributed by atoms with Crippen molar-refractivity contribution in [1.82, 2.24) is 4.90 Å². The highest BCUT2D eigenvalue weighted by molar-refractivity contribution is 5.94. The van der Waals surface area contributed by atoms with Crippen LogP contribution in [0.3, 0.4) is 0 Å². The van der Waals surface area contributed by atoms with Gasteiger partial charge in [-0.1, -0.05) is 6.08 Å². The molecule has 5 nitrogen and oxygen atoms in total. The third kappa shape index (κ3) is 5.87.